The van der Waals surface area contributed by atoms with Crippen molar-refractivity contribution < 1.29 is 4.74 Å². The first kappa shape index (κ1) is 13.4. The lowest BCUT2D eigenvalue weighted by atomic mass is 9.70. The van der Waals surface area contributed by atoms with Gasteiger partial charge in [0.05, 0.1) is 5.60 Å². The van der Waals surface area contributed by atoms with Crippen LogP contribution < -0.4 is 5.32 Å². The Labute approximate surface area is 107 Å². The van der Waals surface area contributed by atoms with Crippen LogP contribution in [0.25, 0.3) is 0 Å². The summed E-state index contributed by atoms with van der Waals surface area (Å²) in [6.45, 7) is 0. The van der Waals surface area contributed by atoms with Gasteiger partial charge in [0.15, 0.2) is 0 Å². The summed E-state index contributed by atoms with van der Waals surface area (Å²) in [6, 6.07) is 0.577. The van der Waals surface area contributed by atoms with Crippen molar-refractivity contribution in [2.24, 2.45) is 5.92 Å². The summed E-state index contributed by atoms with van der Waals surface area (Å²) in [5.41, 5.74) is 0.134. The van der Waals surface area contributed by atoms with E-state index in [1.54, 1.807) is 0 Å². The molecular weight excluding hydrogens is 210 g/mol. The zero-order chi connectivity index (χ0) is 12.1. The number of nitrogens with one attached hydrogen (secondary N) is 1. The second-order valence-electron chi connectivity index (χ2n) is 5.99. The van der Waals surface area contributed by atoms with Crippen molar-refractivity contribution in [2.45, 2.75) is 75.9 Å². The Morgan fingerprint density at radius 1 is 1.00 bits per heavy atom. The van der Waals surface area contributed by atoms with E-state index < -0.39 is 0 Å². The average Bonchev–Trinajstić information content (AvgIpc) is 2.42. The summed E-state index contributed by atoms with van der Waals surface area (Å²) in [4.78, 5) is 0. The van der Waals surface area contributed by atoms with Crippen LogP contribution in [0.4, 0.5) is 0 Å². The Kier molecular flexibility index (Phi) is 4.87. The fraction of sp³-hybridized carbons (Fsp3) is 1.00. The first-order valence-electron chi connectivity index (χ1n) is 7.55. The molecule has 0 aromatic rings. The Bertz CT molecular complexity index is 217. The van der Waals surface area contributed by atoms with Crippen LogP contribution in [0, 0.1) is 5.92 Å². The molecule has 2 saturated carbocycles. The molecule has 100 valence electrons. The molecule has 1 atom stereocenters. The topological polar surface area (TPSA) is 21.3 Å². The van der Waals surface area contributed by atoms with Gasteiger partial charge >= 0.3 is 0 Å². The van der Waals surface area contributed by atoms with E-state index in [-0.39, 0.29) is 5.60 Å². The molecular formula is C15H29NO. The monoisotopic (exact) mass is 239 g/mol. The first-order valence-corrected chi connectivity index (χ1v) is 7.55. The van der Waals surface area contributed by atoms with Gasteiger partial charge in [-0.3, -0.25) is 0 Å². The van der Waals surface area contributed by atoms with Crippen LogP contribution in [0.1, 0.15) is 64.2 Å². The fourth-order valence-corrected chi connectivity index (χ4v) is 4.19. The summed E-state index contributed by atoms with van der Waals surface area (Å²) in [5, 5.41) is 3.61. The van der Waals surface area contributed by atoms with Crippen LogP contribution >= 0.6 is 0 Å². The Morgan fingerprint density at radius 2 is 1.59 bits per heavy atom. The number of rotatable bonds is 4. The second-order valence-corrected chi connectivity index (χ2v) is 5.99. The van der Waals surface area contributed by atoms with E-state index in [1.807, 2.05) is 7.11 Å². The van der Waals surface area contributed by atoms with Crippen LogP contribution in [-0.2, 0) is 4.74 Å². The zero-order valence-corrected chi connectivity index (χ0v) is 11.6. The Balaban J connectivity index is 2.07. The minimum Gasteiger partial charge on any atom is -0.377 e. The molecule has 2 nitrogen and oxygen atoms in total. The van der Waals surface area contributed by atoms with E-state index in [9.17, 15) is 0 Å². The van der Waals surface area contributed by atoms with Crippen molar-refractivity contribution in [3.63, 3.8) is 0 Å². The Hall–Kier alpha value is -0.0800. The molecule has 0 heterocycles. The highest BCUT2D eigenvalue weighted by Gasteiger charge is 2.43. The van der Waals surface area contributed by atoms with Gasteiger partial charge in [-0.15, -0.1) is 0 Å². The SMILES string of the molecule is CNC(C1CCCCC1)C1(OC)CCCCC1. The van der Waals surface area contributed by atoms with Gasteiger partial charge in [-0.25, -0.2) is 0 Å². The van der Waals surface area contributed by atoms with Gasteiger partial charge in [-0.2, -0.15) is 0 Å². The van der Waals surface area contributed by atoms with E-state index in [0.717, 1.165) is 5.92 Å². The van der Waals surface area contributed by atoms with Crippen molar-refractivity contribution in [1.29, 1.82) is 0 Å². The molecule has 2 rings (SSSR count). The summed E-state index contributed by atoms with van der Waals surface area (Å²) in [7, 11) is 4.06. The molecule has 0 radical (unpaired) electrons. The van der Waals surface area contributed by atoms with Gasteiger partial charge in [0.1, 0.15) is 0 Å². The standard InChI is InChI=1S/C15H29NO/c1-16-14(13-9-5-3-6-10-13)15(17-2)11-7-4-8-12-15/h13-14,16H,3-12H2,1-2H3. The van der Waals surface area contributed by atoms with E-state index >= 15 is 0 Å². The van der Waals surface area contributed by atoms with Crippen LogP contribution in [0.2, 0.25) is 0 Å². The lowest BCUT2D eigenvalue weighted by Gasteiger charge is -2.46. The number of ether oxygens (including phenoxy) is 1. The second kappa shape index (κ2) is 6.19. The third kappa shape index (κ3) is 2.85. The maximum Gasteiger partial charge on any atom is 0.0833 e. The molecule has 17 heavy (non-hydrogen) atoms. The van der Waals surface area contributed by atoms with E-state index in [4.69, 9.17) is 4.74 Å². The molecule has 2 aliphatic rings. The third-order valence-corrected chi connectivity index (χ3v) is 5.11. The molecule has 0 spiro atoms. The van der Waals surface area contributed by atoms with Crippen LogP contribution in [0.3, 0.4) is 0 Å². The van der Waals surface area contributed by atoms with E-state index in [1.165, 1.54) is 64.2 Å². The van der Waals surface area contributed by atoms with Crippen LogP contribution in [0.5, 0.6) is 0 Å². The lowest BCUT2D eigenvalue weighted by Crippen LogP contribution is -2.56. The van der Waals surface area contributed by atoms with Crippen molar-refractivity contribution in [3.8, 4) is 0 Å². The summed E-state index contributed by atoms with van der Waals surface area (Å²) >= 11 is 0. The largest absolute Gasteiger partial charge is 0.377 e. The summed E-state index contributed by atoms with van der Waals surface area (Å²) < 4.78 is 6.02. The van der Waals surface area contributed by atoms with Crippen molar-refractivity contribution in [3.05, 3.63) is 0 Å². The highest BCUT2D eigenvalue weighted by molar-refractivity contribution is 4.98. The number of likely N-dealkylation sites (N-methyl/N-ethyl adjacent to an activating group) is 1. The average molecular weight is 239 g/mol. The van der Waals surface area contributed by atoms with Gasteiger partial charge in [0, 0.05) is 13.2 Å². The predicted molar refractivity (Wildman–Crippen MR) is 72.2 cm³/mol. The molecule has 2 fully saturated rings. The molecule has 0 aliphatic heterocycles. The van der Waals surface area contributed by atoms with Crippen molar-refractivity contribution >= 4 is 0 Å². The van der Waals surface area contributed by atoms with Gasteiger partial charge in [0.2, 0.25) is 0 Å². The van der Waals surface area contributed by atoms with Crippen molar-refractivity contribution in [2.75, 3.05) is 14.2 Å². The highest BCUT2D eigenvalue weighted by atomic mass is 16.5. The Morgan fingerprint density at radius 3 is 2.12 bits per heavy atom. The molecule has 1 N–H and O–H groups in total. The fourth-order valence-electron chi connectivity index (χ4n) is 4.19. The molecule has 2 heteroatoms. The smallest absolute Gasteiger partial charge is 0.0833 e. The molecule has 1 unspecified atom stereocenters. The van der Waals surface area contributed by atoms with Gasteiger partial charge in [-0.1, -0.05) is 38.5 Å². The van der Waals surface area contributed by atoms with E-state index in [2.05, 4.69) is 12.4 Å². The first-order chi connectivity index (χ1) is 8.32. The van der Waals surface area contributed by atoms with Crippen LogP contribution in [-0.4, -0.2) is 25.8 Å². The maximum atomic E-state index is 6.02. The highest BCUT2D eigenvalue weighted by Crippen LogP contribution is 2.40. The number of methoxy groups -OCH3 is 1. The quantitative estimate of drug-likeness (QED) is 0.810. The molecule has 0 saturated heterocycles. The van der Waals surface area contributed by atoms with Crippen molar-refractivity contribution in [1.82, 2.24) is 5.32 Å². The van der Waals surface area contributed by atoms with Gasteiger partial charge < -0.3 is 10.1 Å². The minimum absolute atomic E-state index is 0.134. The normalized spacial score (nSPS) is 27.9. The molecule has 0 aromatic heterocycles. The molecule has 0 aromatic carbocycles. The van der Waals surface area contributed by atoms with Gasteiger partial charge in [0.25, 0.3) is 0 Å². The third-order valence-electron chi connectivity index (χ3n) is 5.11. The minimum atomic E-state index is 0.134. The predicted octanol–water partition coefficient (Wildman–Crippen LogP) is 3.50. The van der Waals surface area contributed by atoms with E-state index in [0.29, 0.717) is 6.04 Å². The molecule has 2 aliphatic carbocycles. The molecule has 0 amide bonds. The maximum absolute atomic E-state index is 6.02. The summed E-state index contributed by atoms with van der Waals surface area (Å²) in [5.74, 6) is 0.840. The summed E-state index contributed by atoms with van der Waals surface area (Å²) in [6.07, 6.45) is 13.7. The number of hydrogen-bond donors (Lipinski definition) is 1. The zero-order valence-electron chi connectivity index (χ0n) is 11.6. The van der Waals surface area contributed by atoms with Crippen LogP contribution in [0.15, 0.2) is 0 Å². The van der Waals surface area contributed by atoms with Gasteiger partial charge in [-0.05, 0) is 38.6 Å². The molecule has 0 bridgehead atoms. The lowest BCUT2D eigenvalue weighted by molar-refractivity contribution is -0.0834. The number of hydrogen-bond acceptors (Lipinski definition) is 2.